The van der Waals surface area contributed by atoms with E-state index in [1.54, 1.807) is 48.9 Å². The number of aryl methyl sites for hydroxylation is 1. The smallest absolute Gasteiger partial charge is 0.266 e. The summed E-state index contributed by atoms with van der Waals surface area (Å²) in [6.07, 6.45) is 0. The molecule has 0 atom stereocenters. The summed E-state index contributed by atoms with van der Waals surface area (Å²) < 4.78 is 35.5. The van der Waals surface area contributed by atoms with Crippen molar-refractivity contribution in [1.29, 1.82) is 0 Å². The zero-order valence-corrected chi connectivity index (χ0v) is 20.5. The zero-order valence-electron chi connectivity index (χ0n) is 19.7. The number of nitrogens with zero attached hydrogens (tertiary/aromatic N) is 5. The van der Waals surface area contributed by atoms with Crippen molar-refractivity contribution in [2.24, 2.45) is 10.2 Å². The molecule has 0 spiro atoms. The highest BCUT2D eigenvalue weighted by Gasteiger charge is 2.27. The number of sulfonamides is 1. The lowest BCUT2D eigenvalue weighted by molar-refractivity contribution is 0.414. The summed E-state index contributed by atoms with van der Waals surface area (Å²) in [5.41, 5.74) is 8.70. The van der Waals surface area contributed by atoms with Gasteiger partial charge in [0, 0.05) is 12.6 Å². The first-order chi connectivity index (χ1) is 16.9. The van der Waals surface area contributed by atoms with Crippen LogP contribution in [0.1, 0.15) is 12.6 Å². The number of nitrogens with two attached hydrogens (primary N) is 1. The molecule has 180 valence electrons. The Balaban J connectivity index is 1.79. The molecule has 2 N–H and O–H groups in total. The van der Waals surface area contributed by atoms with Gasteiger partial charge >= 0.3 is 0 Å². The Morgan fingerprint density at radius 1 is 1.00 bits per heavy atom. The van der Waals surface area contributed by atoms with Crippen molar-refractivity contribution in [3.05, 3.63) is 84.6 Å². The van der Waals surface area contributed by atoms with E-state index in [4.69, 9.17) is 10.5 Å². The van der Waals surface area contributed by atoms with Crippen molar-refractivity contribution >= 4 is 32.9 Å². The quantitative estimate of drug-likeness (QED) is 0.332. The van der Waals surface area contributed by atoms with Crippen molar-refractivity contribution in [2.75, 3.05) is 23.7 Å². The first kappa shape index (κ1) is 24.0. The topological polar surface area (TPSA) is 115 Å². The Kier molecular flexibility index (Phi) is 6.83. The fourth-order valence-corrected chi connectivity index (χ4v) is 5.24. The number of rotatable bonds is 8. The lowest BCUT2D eigenvalue weighted by Crippen LogP contribution is -2.30. The summed E-state index contributed by atoms with van der Waals surface area (Å²) >= 11 is 0. The average Bonchev–Trinajstić information content (AvgIpc) is 3.16. The van der Waals surface area contributed by atoms with E-state index in [9.17, 15) is 8.42 Å². The fraction of sp³-hybridized carbons (Fsp3) is 0.160. The molecule has 0 saturated carbocycles. The molecule has 0 aliphatic rings. The van der Waals surface area contributed by atoms with E-state index < -0.39 is 10.0 Å². The lowest BCUT2D eigenvalue weighted by Gasteiger charge is -2.23. The highest BCUT2D eigenvalue weighted by atomic mass is 32.2. The summed E-state index contributed by atoms with van der Waals surface area (Å²) in [6, 6.07) is 22.9. The van der Waals surface area contributed by atoms with Crippen LogP contribution in [0.5, 0.6) is 5.75 Å². The van der Waals surface area contributed by atoms with E-state index in [0.29, 0.717) is 28.6 Å². The Bertz CT molecular complexity index is 1450. The van der Waals surface area contributed by atoms with Gasteiger partial charge in [0.25, 0.3) is 10.0 Å². The summed E-state index contributed by atoms with van der Waals surface area (Å²) in [5.74, 6) is 0.745. The van der Waals surface area contributed by atoms with Crippen LogP contribution in [-0.2, 0) is 10.0 Å². The van der Waals surface area contributed by atoms with Crippen LogP contribution in [0.25, 0.3) is 5.69 Å². The maximum absolute atomic E-state index is 13.7. The number of nitrogen functional groups attached to an aromatic ring is 1. The second-order valence-corrected chi connectivity index (χ2v) is 9.44. The standard InChI is InChI=1S/C25H26N6O3S/c1-4-30(19-11-7-5-8-12-19)35(32,33)23-16-15-21(34-3)17-22(23)27-28-24-18(2)29-31(25(24)26)20-13-9-6-10-14-20/h5-17H,4,26H2,1-3H3. The molecule has 3 aromatic carbocycles. The third kappa shape index (κ3) is 4.73. The van der Waals surface area contributed by atoms with E-state index in [1.165, 1.54) is 23.5 Å². The van der Waals surface area contributed by atoms with Gasteiger partial charge in [-0.15, -0.1) is 10.2 Å². The molecule has 0 saturated heterocycles. The first-order valence-corrected chi connectivity index (χ1v) is 12.4. The van der Waals surface area contributed by atoms with Gasteiger partial charge in [-0.05, 0) is 50.2 Å². The van der Waals surface area contributed by atoms with Crippen LogP contribution in [-0.4, -0.2) is 31.9 Å². The van der Waals surface area contributed by atoms with Gasteiger partial charge in [-0.2, -0.15) is 5.10 Å². The molecule has 0 amide bonds. The predicted molar refractivity (Wildman–Crippen MR) is 137 cm³/mol. The minimum atomic E-state index is -3.95. The summed E-state index contributed by atoms with van der Waals surface area (Å²) in [4.78, 5) is -0.000529. The van der Waals surface area contributed by atoms with Crippen LogP contribution < -0.4 is 14.8 Å². The second kappa shape index (κ2) is 9.98. The van der Waals surface area contributed by atoms with Crippen molar-refractivity contribution in [3.63, 3.8) is 0 Å². The molecule has 1 aromatic heterocycles. The van der Waals surface area contributed by atoms with Crippen LogP contribution in [0, 0.1) is 6.92 Å². The molecule has 0 unspecified atom stereocenters. The number of para-hydroxylation sites is 2. The Hall–Kier alpha value is -4.18. The number of hydrogen-bond acceptors (Lipinski definition) is 7. The van der Waals surface area contributed by atoms with Crippen LogP contribution in [0.4, 0.5) is 22.9 Å². The predicted octanol–water partition coefficient (Wildman–Crippen LogP) is 5.40. The average molecular weight is 491 g/mol. The van der Waals surface area contributed by atoms with E-state index >= 15 is 0 Å². The minimum Gasteiger partial charge on any atom is -0.497 e. The monoisotopic (exact) mass is 490 g/mol. The Morgan fingerprint density at radius 3 is 2.29 bits per heavy atom. The Labute approximate surface area is 204 Å². The van der Waals surface area contributed by atoms with Gasteiger partial charge in [-0.25, -0.2) is 13.1 Å². The van der Waals surface area contributed by atoms with Crippen molar-refractivity contribution in [3.8, 4) is 11.4 Å². The van der Waals surface area contributed by atoms with E-state index in [2.05, 4.69) is 15.3 Å². The first-order valence-electron chi connectivity index (χ1n) is 10.9. The van der Waals surface area contributed by atoms with Gasteiger partial charge in [-0.3, -0.25) is 4.31 Å². The van der Waals surface area contributed by atoms with Gasteiger partial charge in [-0.1, -0.05) is 36.4 Å². The highest BCUT2D eigenvalue weighted by molar-refractivity contribution is 7.93. The van der Waals surface area contributed by atoms with Crippen LogP contribution in [0.15, 0.2) is 94.0 Å². The number of benzene rings is 3. The zero-order chi connectivity index (χ0) is 25.0. The molecule has 1 heterocycles. The maximum Gasteiger partial charge on any atom is 0.266 e. The lowest BCUT2D eigenvalue weighted by atomic mass is 10.3. The number of aromatic nitrogens is 2. The SMILES string of the molecule is CCN(c1ccccc1)S(=O)(=O)c1ccc(OC)cc1N=Nc1c(C)nn(-c2ccccc2)c1N. The third-order valence-electron chi connectivity index (χ3n) is 5.39. The van der Waals surface area contributed by atoms with E-state index in [1.807, 2.05) is 36.4 Å². The van der Waals surface area contributed by atoms with Crippen molar-refractivity contribution in [1.82, 2.24) is 9.78 Å². The van der Waals surface area contributed by atoms with Gasteiger partial charge in [0.2, 0.25) is 0 Å². The molecule has 0 radical (unpaired) electrons. The molecular weight excluding hydrogens is 464 g/mol. The number of anilines is 2. The molecule has 10 heteroatoms. The summed E-state index contributed by atoms with van der Waals surface area (Å²) in [5, 5.41) is 13.1. The van der Waals surface area contributed by atoms with Gasteiger partial charge in [0.05, 0.1) is 24.2 Å². The minimum absolute atomic E-state index is 0.000529. The molecule has 0 fully saturated rings. The summed E-state index contributed by atoms with van der Waals surface area (Å²) in [7, 11) is -2.45. The number of hydrogen-bond donors (Lipinski definition) is 1. The highest BCUT2D eigenvalue weighted by Crippen LogP contribution is 2.36. The van der Waals surface area contributed by atoms with Crippen LogP contribution in [0.2, 0.25) is 0 Å². The van der Waals surface area contributed by atoms with Crippen LogP contribution in [0.3, 0.4) is 0 Å². The van der Waals surface area contributed by atoms with Crippen molar-refractivity contribution < 1.29 is 13.2 Å². The summed E-state index contributed by atoms with van der Waals surface area (Å²) in [6.45, 7) is 3.78. The third-order valence-corrected chi connectivity index (χ3v) is 7.34. The van der Waals surface area contributed by atoms with Gasteiger partial charge < -0.3 is 10.5 Å². The molecule has 0 bridgehead atoms. The van der Waals surface area contributed by atoms with E-state index in [-0.39, 0.29) is 17.1 Å². The van der Waals surface area contributed by atoms with Crippen LogP contribution >= 0.6 is 0 Å². The van der Waals surface area contributed by atoms with Crippen molar-refractivity contribution in [2.45, 2.75) is 18.7 Å². The normalized spacial score (nSPS) is 11.6. The second-order valence-electron chi connectivity index (χ2n) is 7.61. The molecule has 0 aliphatic heterocycles. The number of ether oxygens (including phenoxy) is 1. The van der Waals surface area contributed by atoms with Gasteiger partial charge in [0.1, 0.15) is 16.3 Å². The van der Waals surface area contributed by atoms with Gasteiger partial charge in [0.15, 0.2) is 11.5 Å². The molecule has 35 heavy (non-hydrogen) atoms. The molecular formula is C25H26N6O3S. The molecule has 9 nitrogen and oxygen atoms in total. The Morgan fingerprint density at radius 2 is 1.66 bits per heavy atom. The number of azo groups is 1. The largest absolute Gasteiger partial charge is 0.497 e. The number of methoxy groups -OCH3 is 1. The molecule has 4 aromatic rings. The fourth-order valence-electron chi connectivity index (χ4n) is 3.66. The van der Waals surface area contributed by atoms with E-state index in [0.717, 1.165) is 5.69 Å². The molecule has 0 aliphatic carbocycles. The maximum atomic E-state index is 13.7. The molecule has 4 rings (SSSR count).